The summed E-state index contributed by atoms with van der Waals surface area (Å²) in [7, 11) is 0. The van der Waals surface area contributed by atoms with Crippen molar-refractivity contribution in [1.82, 2.24) is 0 Å². The Morgan fingerprint density at radius 3 is 1.81 bits per heavy atom. The van der Waals surface area contributed by atoms with Gasteiger partial charge in [-0.1, -0.05) is 30.3 Å². The van der Waals surface area contributed by atoms with Crippen LogP contribution in [0.25, 0.3) is 11.1 Å². The topological polar surface area (TPSA) is 103 Å². The van der Waals surface area contributed by atoms with Gasteiger partial charge in [0.1, 0.15) is 5.56 Å². The van der Waals surface area contributed by atoms with Gasteiger partial charge in [-0.05, 0) is 5.56 Å². The zero-order valence-corrected chi connectivity index (χ0v) is 11.3. The van der Waals surface area contributed by atoms with Crippen LogP contribution in [0.15, 0.2) is 42.5 Å². The number of thiol groups is 1. The van der Waals surface area contributed by atoms with Gasteiger partial charge in [-0.25, -0.2) is 0 Å². The molecule has 7 nitrogen and oxygen atoms in total. The molecule has 0 atom stereocenters. The molecule has 0 amide bonds. The first kappa shape index (κ1) is 14.7. The molecule has 0 unspecified atom stereocenters. The minimum Gasteiger partial charge on any atom is -0.282 e. The first-order valence-corrected chi connectivity index (χ1v) is 6.12. The van der Waals surface area contributed by atoms with E-state index in [0.717, 1.165) is 12.1 Å². The average Bonchev–Trinajstić information content (AvgIpc) is 2.46. The summed E-state index contributed by atoms with van der Waals surface area (Å²) in [5, 5.41) is 21.6. The average molecular weight is 304 g/mol. The molecule has 0 radical (unpaired) electrons. The quantitative estimate of drug-likeness (QED) is 0.530. The van der Waals surface area contributed by atoms with Gasteiger partial charge in [-0.15, -0.1) is 12.6 Å². The number of carbonyl (C=O) groups excluding carboxylic acids is 1. The summed E-state index contributed by atoms with van der Waals surface area (Å²) in [5.74, 6) is 0. The molecule has 21 heavy (non-hydrogen) atoms. The molecule has 0 saturated carbocycles. The molecule has 0 bridgehead atoms. The van der Waals surface area contributed by atoms with Gasteiger partial charge >= 0.3 is 0 Å². The third-order valence-electron chi connectivity index (χ3n) is 2.80. The van der Waals surface area contributed by atoms with E-state index in [1.807, 2.05) is 0 Å². The number of rotatable bonds is 4. The summed E-state index contributed by atoms with van der Waals surface area (Å²) in [6.45, 7) is 0. The van der Waals surface area contributed by atoms with E-state index in [4.69, 9.17) is 0 Å². The molecule has 0 aliphatic rings. The minimum atomic E-state index is -0.777. The summed E-state index contributed by atoms with van der Waals surface area (Å²) in [5.41, 5.74) is -1.02. The smallest absolute Gasteiger partial charge is 0.282 e. The second-order valence-corrected chi connectivity index (χ2v) is 4.48. The Bertz CT molecular complexity index is 710. The van der Waals surface area contributed by atoms with Crippen LogP contribution in [-0.2, 0) is 0 Å². The van der Waals surface area contributed by atoms with E-state index in [2.05, 4.69) is 12.6 Å². The minimum absolute atomic E-state index is 0.135. The summed E-state index contributed by atoms with van der Waals surface area (Å²) in [4.78, 5) is 32.1. The third kappa shape index (κ3) is 2.90. The first-order chi connectivity index (χ1) is 9.91. The summed E-state index contributed by atoms with van der Waals surface area (Å²) < 4.78 is 0. The summed E-state index contributed by atoms with van der Waals surface area (Å²) >= 11 is 3.56. The molecule has 0 aliphatic heterocycles. The van der Waals surface area contributed by atoms with E-state index in [1.165, 1.54) is 12.1 Å². The maximum absolute atomic E-state index is 11.3. The van der Waals surface area contributed by atoms with Crippen LogP contribution in [0.3, 0.4) is 0 Å². The van der Waals surface area contributed by atoms with Crippen molar-refractivity contribution in [1.29, 1.82) is 0 Å². The lowest BCUT2D eigenvalue weighted by molar-refractivity contribution is -0.392. The van der Waals surface area contributed by atoms with Crippen LogP contribution in [0.2, 0.25) is 0 Å². The Labute approximate surface area is 123 Å². The lowest BCUT2D eigenvalue weighted by Crippen LogP contribution is -2.01. The highest BCUT2D eigenvalue weighted by Gasteiger charge is 2.28. The summed E-state index contributed by atoms with van der Waals surface area (Å²) in [6.07, 6.45) is 0. The highest BCUT2D eigenvalue weighted by Crippen LogP contribution is 2.39. The third-order valence-corrected chi connectivity index (χ3v) is 3.06. The Hall–Kier alpha value is -2.74. The lowest BCUT2D eigenvalue weighted by Gasteiger charge is -2.06. The zero-order chi connectivity index (χ0) is 15.6. The van der Waals surface area contributed by atoms with Gasteiger partial charge in [0.2, 0.25) is 5.12 Å². The van der Waals surface area contributed by atoms with Crippen LogP contribution in [0.1, 0.15) is 10.4 Å². The van der Waals surface area contributed by atoms with Gasteiger partial charge in [0.15, 0.2) is 0 Å². The fourth-order valence-electron chi connectivity index (χ4n) is 1.92. The van der Waals surface area contributed by atoms with Crippen molar-refractivity contribution < 1.29 is 14.6 Å². The van der Waals surface area contributed by atoms with Crippen LogP contribution in [0, 0.1) is 20.2 Å². The van der Waals surface area contributed by atoms with Gasteiger partial charge in [-0.2, -0.15) is 0 Å². The van der Waals surface area contributed by atoms with Gasteiger partial charge in [0.25, 0.3) is 11.4 Å². The molecule has 0 spiro atoms. The number of nitro benzene ring substituents is 2. The Morgan fingerprint density at radius 1 is 0.952 bits per heavy atom. The molecule has 2 aromatic carbocycles. The second-order valence-electron chi connectivity index (χ2n) is 4.07. The van der Waals surface area contributed by atoms with Crippen molar-refractivity contribution in [2.75, 3.05) is 0 Å². The van der Waals surface area contributed by atoms with Crippen LogP contribution in [-0.4, -0.2) is 15.0 Å². The molecular formula is C13H8N2O5S. The predicted octanol–water partition coefficient (Wildman–Crippen LogP) is 3.24. The van der Waals surface area contributed by atoms with Crippen LogP contribution in [0.5, 0.6) is 0 Å². The molecule has 106 valence electrons. The van der Waals surface area contributed by atoms with E-state index >= 15 is 0 Å². The van der Waals surface area contributed by atoms with E-state index in [1.54, 1.807) is 18.2 Å². The fraction of sp³-hybridized carbons (Fsp3) is 0. The van der Waals surface area contributed by atoms with E-state index in [9.17, 15) is 25.0 Å². The maximum atomic E-state index is 11.3. The van der Waals surface area contributed by atoms with Crippen LogP contribution < -0.4 is 0 Å². The Balaban J connectivity index is 2.86. The van der Waals surface area contributed by atoms with E-state index in [0.29, 0.717) is 5.56 Å². The van der Waals surface area contributed by atoms with Gasteiger partial charge < -0.3 is 0 Å². The molecule has 0 heterocycles. The van der Waals surface area contributed by atoms with Gasteiger partial charge in [-0.3, -0.25) is 25.0 Å². The number of benzene rings is 2. The number of carbonyl (C=O) groups is 1. The van der Waals surface area contributed by atoms with E-state index < -0.39 is 26.3 Å². The lowest BCUT2D eigenvalue weighted by atomic mass is 9.99. The summed E-state index contributed by atoms with van der Waals surface area (Å²) in [6, 6.07) is 9.94. The highest BCUT2D eigenvalue weighted by atomic mass is 32.1. The van der Waals surface area contributed by atoms with Gasteiger partial charge in [0.05, 0.1) is 9.85 Å². The molecule has 8 heteroatoms. The van der Waals surface area contributed by atoms with Crippen molar-refractivity contribution >= 4 is 29.1 Å². The molecule has 0 fully saturated rings. The SMILES string of the molecule is O=C(S)c1cc([N+](=O)[O-])c(-c2ccccc2)c([N+](=O)[O-])c1. The maximum Gasteiger partial charge on any atom is 0.284 e. The second kappa shape index (κ2) is 5.71. The van der Waals surface area contributed by atoms with E-state index in [-0.39, 0.29) is 11.1 Å². The molecule has 0 aromatic heterocycles. The van der Waals surface area contributed by atoms with Crippen molar-refractivity contribution in [3.05, 3.63) is 68.3 Å². The Kier molecular flexibility index (Phi) is 3.99. The molecule has 0 saturated heterocycles. The molecule has 0 N–H and O–H groups in total. The number of hydrogen-bond acceptors (Lipinski definition) is 5. The monoisotopic (exact) mass is 304 g/mol. The van der Waals surface area contributed by atoms with Gasteiger partial charge in [0, 0.05) is 17.7 Å². The molecular weight excluding hydrogens is 296 g/mol. The number of hydrogen-bond donors (Lipinski definition) is 1. The highest BCUT2D eigenvalue weighted by molar-refractivity contribution is 7.97. The van der Waals surface area contributed by atoms with Crippen LogP contribution >= 0.6 is 12.6 Å². The van der Waals surface area contributed by atoms with Crippen LogP contribution in [0.4, 0.5) is 11.4 Å². The molecule has 2 aromatic rings. The normalized spacial score (nSPS) is 10.1. The molecule has 2 rings (SSSR count). The van der Waals surface area contributed by atoms with Crippen molar-refractivity contribution in [2.24, 2.45) is 0 Å². The number of nitro groups is 2. The molecule has 0 aliphatic carbocycles. The zero-order valence-electron chi connectivity index (χ0n) is 10.4. The van der Waals surface area contributed by atoms with Crippen molar-refractivity contribution in [3.8, 4) is 11.1 Å². The largest absolute Gasteiger partial charge is 0.284 e. The van der Waals surface area contributed by atoms with Crippen molar-refractivity contribution in [2.45, 2.75) is 0 Å². The van der Waals surface area contributed by atoms with Crippen molar-refractivity contribution in [3.63, 3.8) is 0 Å². The standard InChI is InChI=1S/C13H8N2O5S/c16-13(21)9-6-10(14(17)18)12(11(7-9)15(19)20)8-4-2-1-3-5-8/h1-7H,(H,16,21). The number of nitrogens with zero attached hydrogens (tertiary/aromatic N) is 2. The Morgan fingerprint density at radius 2 is 1.43 bits per heavy atom. The first-order valence-electron chi connectivity index (χ1n) is 5.67. The predicted molar refractivity (Wildman–Crippen MR) is 78.5 cm³/mol. The fourth-order valence-corrected chi connectivity index (χ4v) is 2.05.